The van der Waals surface area contributed by atoms with Gasteiger partial charge in [-0.2, -0.15) is 0 Å². The van der Waals surface area contributed by atoms with Gasteiger partial charge in [-0.1, -0.05) is 223 Å². The molecule has 0 saturated heterocycles. The summed E-state index contributed by atoms with van der Waals surface area (Å²) < 4.78 is 13.1. The van der Waals surface area contributed by atoms with E-state index in [1.807, 2.05) is 91.0 Å². The Morgan fingerprint density at radius 3 is 1.56 bits per heavy atom. The quantitative estimate of drug-likeness (QED) is 0.0395. The van der Waals surface area contributed by atoms with E-state index >= 15 is 0 Å². The Kier molecular flexibility index (Phi) is 16.1. The molecule has 0 spiro atoms. The third kappa shape index (κ3) is 11.1. The lowest BCUT2D eigenvalue weighted by Crippen LogP contribution is -2.48. The van der Waals surface area contributed by atoms with Crippen molar-refractivity contribution >= 4 is 6.09 Å². The van der Waals surface area contributed by atoms with E-state index in [1.165, 1.54) is 75.3 Å². The van der Waals surface area contributed by atoms with Gasteiger partial charge in [0, 0.05) is 5.92 Å². The Bertz CT molecular complexity index is 1800. The molecule has 5 nitrogen and oxygen atoms in total. The summed E-state index contributed by atoms with van der Waals surface area (Å²) in [6.45, 7) is 2.47. The van der Waals surface area contributed by atoms with Crippen LogP contribution in [-0.2, 0) is 15.1 Å². The van der Waals surface area contributed by atoms with E-state index in [2.05, 4.69) is 72.9 Å². The van der Waals surface area contributed by atoms with Gasteiger partial charge >= 0.3 is 6.09 Å². The Hall–Kier alpha value is -4.97. The first kappa shape index (κ1) is 41.7. The lowest BCUT2D eigenvalue weighted by Gasteiger charge is -2.37. The van der Waals surface area contributed by atoms with Crippen LogP contribution in [-0.4, -0.2) is 36.6 Å². The minimum Gasteiger partial charge on any atom is -0.449 e. The molecule has 57 heavy (non-hydrogen) atoms. The molecule has 1 aliphatic carbocycles. The van der Waals surface area contributed by atoms with E-state index in [-0.39, 0.29) is 19.1 Å². The minimum absolute atomic E-state index is 0.0207. The van der Waals surface area contributed by atoms with Crippen LogP contribution in [0, 0.1) is 0 Å². The predicted molar refractivity (Wildman–Crippen MR) is 233 cm³/mol. The van der Waals surface area contributed by atoms with E-state index < -0.39 is 23.8 Å². The van der Waals surface area contributed by atoms with Crippen LogP contribution in [0.15, 0.2) is 152 Å². The molecule has 1 unspecified atom stereocenters. The van der Waals surface area contributed by atoms with Crippen molar-refractivity contribution in [2.24, 2.45) is 0 Å². The number of amides is 1. The molecule has 0 aromatic heterocycles. The molecule has 2 N–H and O–H groups in total. The molecule has 298 valence electrons. The molecule has 0 radical (unpaired) electrons. The number of alkyl carbamates (subject to hydrolysis) is 1. The smallest absolute Gasteiger partial charge is 0.407 e. The highest BCUT2D eigenvalue weighted by molar-refractivity contribution is 5.79. The third-order valence-corrected chi connectivity index (χ3v) is 11.4. The summed E-state index contributed by atoms with van der Waals surface area (Å²) in [5.41, 5.74) is 6.47. The van der Waals surface area contributed by atoms with Crippen molar-refractivity contribution < 1.29 is 19.4 Å². The minimum atomic E-state index is -1.01. The van der Waals surface area contributed by atoms with Crippen LogP contribution in [0.4, 0.5) is 4.79 Å². The highest BCUT2D eigenvalue weighted by Gasteiger charge is 2.39. The average molecular weight is 764 g/mol. The lowest BCUT2D eigenvalue weighted by molar-refractivity contribution is -0.0167. The molecule has 1 amide bonds. The number of hydrogen-bond donors (Lipinski definition) is 2. The topological polar surface area (TPSA) is 67.8 Å². The lowest BCUT2D eigenvalue weighted by atomic mass is 9.80. The van der Waals surface area contributed by atoms with Crippen molar-refractivity contribution in [2.75, 3.05) is 13.2 Å². The molecule has 0 saturated carbocycles. The maximum absolute atomic E-state index is 13.7. The fraction of sp³-hybridized carbons (Fsp3) is 0.365. The highest BCUT2D eigenvalue weighted by atomic mass is 16.6. The Labute approximate surface area is 341 Å². The summed E-state index contributed by atoms with van der Waals surface area (Å²) in [5.74, 6) is -0.0737. The summed E-state index contributed by atoms with van der Waals surface area (Å²) in [7, 11) is 0. The summed E-state index contributed by atoms with van der Waals surface area (Å²) in [6.07, 6.45) is 17.3. The van der Waals surface area contributed by atoms with Crippen molar-refractivity contribution in [3.63, 3.8) is 0 Å². The SMILES string of the molecule is CCCCCCCCCCCCC/C=C\C(O)[C@@H](COC(c1ccccc1)(c1ccccc1)c1ccccc1)NC(=O)OCC1c2ccccc2-c2ccccc21. The number of benzene rings is 5. The maximum Gasteiger partial charge on any atom is 0.407 e. The largest absolute Gasteiger partial charge is 0.449 e. The number of nitrogens with one attached hydrogen (secondary N) is 1. The molecule has 5 heteroatoms. The second-order valence-corrected chi connectivity index (χ2v) is 15.4. The summed E-state index contributed by atoms with van der Waals surface area (Å²) >= 11 is 0. The van der Waals surface area contributed by atoms with Gasteiger partial charge in [-0.3, -0.25) is 0 Å². The number of aliphatic hydroxyl groups excluding tert-OH is 1. The van der Waals surface area contributed by atoms with Crippen LogP contribution >= 0.6 is 0 Å². The second-order valence-electron chi connectivity index (χ2n) is 15.4. The van der Waals surface area contributed by atoms with Crippen LogP contribution in [0.1, 0.15) is 118 Å². The summed E-state index contributed by atoms with van der Waals surface area (Å²) in [4.78, 5) is 13.7. The molecule has 6 rings (SSSR count). The van der Waals surface area contributed by atoms with E-state index in [1.54, 1.807) is 0 Å². The van der Waals surface area contributed by atoms with Gasteiger partial charge in [0.2, 0.25) is 0 Å². The van der Waals surface area contributed by atoms with Crippen molar-refractivity contribution in [1.82, 2.24) is 5.32 Å². The molecule has 1 aliphatic rings. The first-order valence-electron chi connectivity index (χ1n) is 21.4. The molecule has 2 atom stereocenters. The van der Waals surface area contributed by atoms with Crippen molar-refractivity contribution in [2.45, 2.75) is 108 Å². The molecule has 5 aromatic rings. The molecule has 5 aromatic carbocycles. The zero-order chi connectivity index (χ0) is 39.5. The first-order chi connectivity index (χ1) is 28.1. The number of unbranched alkanes of at least 4 members (excludes halogenated alkanes) is 11. The molecule has 0 aliphatic heterocycles. The van der Waals surface area contributed by atoms with Crippen LogP contribution in [0.2, 0.25) is 0 Å². The zero-order valence-electron chi connectivity index (χ0n) is 33.7. The normalized spacial score (nSPS) is 13.6. The van der Waals surface area contributed by atoms with Crippen LogP contribution < -0.4 is 5.32 Å². The van der Waals surface area contributed by atoms with Gasteiger partial charge < -0.3 is 19.9 Å². The monoisotopic (exact) mass is 763 g/mol. The fourth-order valence-electron chi connectivity index (χ4n) is 8.30. The van der Waals surface area contributed by atoms with E-state index in [0.717, 1.165) is 40.7 Å². The van der Waals surface area contributed by atoms with E-state index in [4.69, 9.17) is 9.47 Å². The number of ether oxygens (including phenoxy) is 2. The van der Waals surface area contributed by atoms with Gasteiger partial charge in [0.25, 0.3) is 0 Å². The second kappa shape index (κ2) is 22.1. The van der Waals surface area contributed by atoms with Gasteiger partial charge in [0.15, 0.2) is 0 Å². The molecule has 0 heterocycles. The number of carbonyl (C=O) groups is 1. The van der Waals surface area contributed by atoms with Crippen LogP contribution in [0.25, 0.3) is 11.1 Å². The standard InChI is InChI=1S/C52H61NO4/c1-2-3-4-5-6-7-8-9-10-11-12-13-23-38-50(54)49(53-51(55)56-39-48-46-36-26-24-34-44(46)45-35-25-27-37-47(45)48)40-57-52(41-28-17-14-18-29-41,42-30-19-15-20-31-42)43-32-21-16-22-33-43/h14-38,48-50,54H,2-13,39-40H2,1H3,(H,53,55)/b38-23-/t49-,50?/m1/s1. The van der Waals surface area contributed by atoms with Crippen molar-refractivity contribution in [3.8, 4) is 11.1 Å². The zero-order valence-corrected chi connectivity index (χ0v) is 33.7. The first-order valence-corrected chi connectivity index (χ1v) is 21.4. The number of allylic oxidation sites excluding steroid dienone is 1. The number of aliphatic hydroxyl groups is 1. The van der Waals surface area contributed by atoms with E-state index in [9.17, 15) is 9.90 Å². The Balaban J connectivity index is 1.15. The molecule has 0 fully saturated rings. The van der Waals surface area contributed by atoms with Crippen molar-refractivity contribution in [1.29, 1.82) is 0 Å². The van der Waals surface area contributed by atoms with Gasteiger partial charge in [0.05, 0.1) is 18.8 Å². The van der Waals surface area contributed by atoms with Gasteiger partial charge in [-0.25, -0.2) is 4.79 Å². The fourth-order valence-corrected chi connectivity index (χ4v) is 8.30. The Morgan fingerprint density at radius 1 is 0.632 bits per heavy atom. The number of carbonyl (C=O) groups excluding carboxylic acids is 1. The summed E-state index contributed by atoms with van der Waals surface area (Å²) in [5, 5.41) is 14.8. The average Bonchev–Trinajstić information content (AvgIpc) is 3.58. The maximum atomic E-state index is 13.7. The predicted octanol–water partition coefficient (Wildman–Crippen LogP) is 12.5. The highest BCUT2D eigenvalue weighted by Crippen LogP contribution is 2.45. The number of hydrogen-bond acceptors (Lipinski definition) is 4. The third-order valence-electron chi connectivity index (χ3n) is 11.4. The van der Waals surface area contributed by atoms with Gasteiger partial charge in [-0.15, -0.1) is 0 Å². The Morgan fingerprint density at radius 2 is 1.07 bits per heavy atom. The number of rotatable bonds is 23. The van der Waals surface area contributed by atoms with Crippen molar-refractivity contribution in [3.05, 3.63) is 179 Å². The van der Waals surface area contributed by atoms with Gasteiger partial charge in [-0.05, 0) is 51.8 Å². The summed E-state index contributed by atoms with van der Waals surface area (Å²) in [6, 6.07) is 46.3. The van der Waals surface area contributed by atoms with E-state index in [0.29, 0.717) is 0 Å². The number of fused-ring (bicyclic) bond motifs is 3. The molecular formula is C52H61NO4. The van der Waals surface area contributed by atoms with Crippen LogP contribution in [0.3, 0.4) is 0 Å². The van der Waals surface area contributed by atoms with Gasteiger partial charge in [0.1, 0.15) is 12.2 Å². The molecule has 0 bridgehead atoms. The van der Waals surface area contributed by atoms with Crippen LogP contribution in [0.5, 0.6) is 0 Å². The molecular weight excluding hydrogens is 703 g/mol.